The Morgan fingerprint density at radius 2 is 1.71 bits per heavy atom. The first-order chi connectivity index (χ1) is 14.4. The van der Waals surface area contributed by atoms with Crippen LogP contribution in [0.15, 0.2) is 42.5 Å². The van der Waals surface area contributed by atoms with E-state index in [2.05, 4.69) is 10.6 Å². The van der Waals surface area contributed by atoms with E-state index < -0.39 is 17.7 Å². The second-order valence-corrected chi connectivity index (χ2v) is 9.36. The van der Waals surface area contributed by atoms with Gasteiger partial charge >= 0.3 is 6.18 Å². The highest BCUT2D eigenvalue weighted by atomic mass is 35.5. The normalized spacial score (nSPS) is 25.1. The van der Waals surface area contributed by atoms with Gasteiger partial charge in [0.25, 0.3) is 5.91 Å². The third-order valence-electron chi connectivity index (χ3n) is 6.40. The van der Waals surface area contributed by atoms with Gasteiger partial charge in [0, 0.05) is 22.7 Å². The number of rotatable bonds is 5. The van der Waals surface area contributed by atoms with Crippen LogP contribution in [-0.2, 0) is 11.0 Å². The molecule has 3 aliphatic rings. The van der Waals surface area contributed by atoms with Gasteiger partial charge in [-0.25, -0.2) is 0 Å². The van der Waals surface area contributed by atoms with E-state index in [9.17, 15) is 22.8 Å². The van der Waals surface area contributed by atoms with E-state index in [1.807, 2.05) is 0 Å². The Labute approximate surface area is 187 Å². The van der Waals surface area contributed by atoms with Crippen LogP contribution in [-0.4, -0.2) is 17.4 Å². The largest absolute Gasteiger partial charge is 0.416 e. The van der Waals surface area contributed by atoms with Gasteiger partial charge in [0.15, 0.2) is 0 Å². The van der Waals surface area contributed by atoms with Crippen LogP contribution in [0, 0.1) is 11.3 Å². The summed E-state index contributed by atoms with van der Waals surface area (Å²) in [6, 6.07) is 9.23. The molecule has 2 aromatic carbocycles. The molecule has 31 heavy (non-hydrogen) atoms. The van der Waals surface area contributed by atoms with Crippen molar-refractivity contribution in [3.8, 4) is 0 Å². The first kappa shape index (κ1) is 22.0. The van der Waals surface area contributed by atoms with Crippen LogP contribution >= 0.6 is 23.2 Å². The van der Waals surface area contributed by atoms with Crippen molar-refractivity contribution >= 4 is 40.7 Å². The second kappa shape index (κ2) is 7.41. The van der Waals surface area contributed by atoms with E-state index in [1.165, 1.54) is 18.2 Å². The van der Waals surface area contributed by atoms with Gasteiger partial charge in [-0.05, 0) is 61.1 Å². The van der Waals surface area contributed by atoms with Gasteiger partial charge in [-0.3, -0.25) is 9.59 Å². The molecule has 2 bridgehead atoms. The lowest BCUT2D eigenvalue weighted by Gasteiger charge is -2.72. The zero-order valence-corrected chi connectivity index (χ0v) is 18.0. The number of amides is 2. The lowest BCUT2D eigenvalue weighted by atomic mass is 9.36. The minimum Gasteiger partial charge on any atom is -0.347 e. The number of halogens is 5. The van der Waals surface area contributed by atoms with E-state index in [0.717, 1.165) is 12.1 Å². The average Bonchev–Trinajstić information content (AvgIpc) is 2.64. The minimum atomic E-state index is -4.47. The number of alkyl halides is 3. The lowest BCUT2D eigenvalue weighted by molar-refractivity contribution is -0.184. The maximum absolute atomic E-state index is 12.9. The highest BCUT2D eigenvalue weighted by Gasteiger charge is 2.71. The van der Waals surface area contributed by atoms with Crippen LogP contribution in [0.1, 0.15) is 42.1 Å². The van der Waals surface area contributed by atoms with Gasteiger partial charge in [0.2, 0.25) is 5.91 Å². The van der Waals surface area contributed by atoms with Gasteiger partial charge in [0.1, 0.15) is 0 Å². The van der Waals surface area contributed by atoms with Crippen molar-refractivity contribution < 1.29 is 22.8 Å². The fourth-order valence-electron chi connectivity index (χ4n) is 4.71. The van der Waals surface area contributed by atoms with E-state index in [-0.39, 0.29) is 28.5 Å². The monoisotopic (exact) mass is 470 g/mol. The minimum absolute atomic E-state index is 0.112. The molecule has 0 spiro atoms. The number of carbonyl (C=O) groups is 2. The predicted octanol–water partition coefficient (Wildman–Crippen LogP) is 5.94. The molecule has 1 atom stereocenters. The molecule has 0 aromatic heterocycles. The van der Waals surface area contributed by atoms with Crippen LogP contribution in [0.2, 0.25) is 10.0 Å². The summed E-state index contributed by atoms with van der Waals surface area (Å²) in [5.41, 5.74) is -0.901. The van der Waals surface area contributed by atoms with Crippen molar-refractivity contribution in [1.29, 1.82) is 0 Å². The molecule has 0 aliphatic heterocycles. The van der Waals surface area contributed by atoms with Crippen molar-refractivity contribution in [2.75, 3.05) is 5.32 Å². The van der Waals surface area contributed by atoms with Crippen molar-refractivity contribution in [3.63, 3.8) is 0 Å². The first-order valence-corrected chi connectivity index (χ1v) is 10.4. The van der Waals surface area contributed by atoms with Gasteiger partial charge in [-0.1, -0.05) is 36.2 Å². The fourth-order valence-corrected chi connectivity index (χ4v) is 5.01. The summed E-state index contributed by atoms with van der Waals surface area (Å²) in [6.45, 7) is 1.77. The Bertz CT molecular complexity index is 1050. The van der Waals surface area contributed by atoms with E-state index in [0.29, 0.717) is 34.9 Å². The molecule has 2 aromatic rings. The molecule has 0 radical (unpaired) electrons. The van der Waals surface area contributed by atoms with Crippen LogP contribution in [0.4, 0.5) is 18.9 Å². The van der Waals surface area contributed by atoms with E-state index in [4.69, 9.17) is 23.2 Å². The molecule has 0 unspecified atom stereocenters. The molecule has 0 saturated heterocycles. The molecule has 3 saturated carbocycles. The number of hydrogen-bond acceptors (Lipinski definition) is 2. The molecular formula is C22H19Cl2F3N2O2. The van der Waals surface area contributed by atoms with Crippen LogP contribution in [0.3, 0.4) is 0 Å². The smallest absolute Gasteiger partial charge is 0.347 e. The van der Waals surface area contributed by atoms with Crippen molar-refractivity contribution in [1.82, 2.24) is 5.32 Å². The van der Waals surface area contributed by atoms with Crippen molar-refractivity contribution in [2.45, 2.75) is 37.9 Å². The number of anilines is 1. The number of benzene rings is 2. The molecular weight excluding hydrogens is 452 g/mol. The Balaban J connectivity index is 1.35. The lowest BCUT2D eigenvalue weighted by Crippen LogP contribution is -2.77. The van der Waals surface area contributed by atoms with Gasteiger partial charge < -0.3 is 10.6 Å². The Kier molecular flexibility index (Phi) is 5.25. The average molecular weight is 471 g/mol. The van der Waals surface area contributed by atoms with E-state index >= 15 is 0 Å². The zero-order valence-electron chi connectivity index (χ0n) is 16.4. The van der Waals surface area contributed by atoms with E-state index in [1.54, 1.807) is 19.1 Å². The molecule has 2 amide bonds. The summed E-state index contributed by atoms with van der Waals surface area (Å²) in [6.07, 6.45) is -2.54. The van der Waals surface area contributed by atoms with Crippen molar-refractivity contribution in [2.24, 2.45) is 11.3 Å². The number of carbonyl (C=O) groups excluding carboxylic acids is 2. The Morgan fingerprint density at radius 1 is 1.03 bits per heavy atom. The van der Waals surface area contributed by atoms with Crippen molar-refractivity contribution in [3.05, 3.63) is 63.6 Å². The molecule has 0 heterocycles. The quantitative estimate of drug-likeness (QED) is 0.567. The Morgan fingerprint density at radius 3 is 2.32 bits per heavy atom. The maximum Gasteiger partial charge on any atom is 0.416 e. The highest BCUT2D eigenvalue weighted by molar-refractivity contribution is 6.42. The molecule has 3 aliphatic carbocycles. The van der Waals surface area contributed by atoms with Crippen LogP contribution < -0.4 is 10.6 Å². The summed E-state index contributed by atoms with van der Waals surface area (Å²) in [7, 11) is 0. The second-order valence-electron chi connectivity index (χ2n) is 8.55. The topological polar surface area (TPSA) is 58.2 Å². The Hall–Kier alpha value is -2.25. The zero-order chi connectivity index (χ0) is 22.6. The fraction of sp³-hybridized carbons (Fsp3) is 0.364. The third-order valence-corrected chi connectivity index (χ3v) is 7.14. The predicted molar refractivity (Wildman–Crippen MR) is 112 cm³/mol. The highest BCUT2D eigenvalue weighted by Crippen LogP contribution is 2.70. The first-order valence-electron chi connectivity index (χ1n) is 9.69. The maximum atomic E-state index is 12.9. The summed E-state index contributed by atoms with van der Waals surface area (Å²) in [5.74, 6) is -0.984. The third kappa shape index (κ3) is 4.01. The number of nitrogens with one attached hydrogen (secondary N) is 2. The molecule has 2 N–H and O–H groups in total. The summed E-state index contributed by atoms with van der Waals surface area (Å²) in [5, 5.41) is 6.27. The summed E-state index contributed by atoms with van der Waals surface area (Å²) in [4.78, 5) is 25.2. The summed E-state index contributed by atoms with van der Waals surface area (Å²) >= 11 is 11.8. The molecule has 5 rings (SSSR count). The van der Waals surface area contributed by atoms with Crippen LogP contribution in [0.25, 0.3) is 0 Å². The molecule has 4 nitrogen and oxygen atoms in total. The summed E-state index contributed by atoms with van der Waals surface area (Å²) < 4.78 is 38.6. The van der Waals surface area contributed by atoms with Gasteiger partial charge in [-0.2, -0.15) is 13.2 Å². The SMILES string of the molecule is C[C@H](C(=O)Nc1cccc(C(F)(F)F)c1)C12CC(NC(=O)c3ccc(Cl)c(Cl)c3)(C1)C2. The van der Waals surface area contributed by atoms with Gasteiger partial charge in [-0.15, -0.1) is 0 Å². The van der Waals surface area contributed by atoms with Crippen LogP contribution in [0.5, 0.6) is 0 Å². The van der Waals surface area contributed by atoms with Gasteiger partial charge in [0.05, 0.1) is 15.6 Å². The molecule has 3 fully saturated rings. The standard InChI is InChI=1S/C22H19Cl2F3N2O2/c1-12(18(30)28-15-4-2-3-14(8-15)22(25,26)27)20-9-21(10-20,11-20)29-19(31)13-5-6-16(23)17(24)7-13/h2-8,12H,9-11H2,1H3,(H,28,30)(H,29,31)/t12-,20?,21?/m1/s1. The number of hydrogen-bond donors (Lipinski definition) is 2. The molecule has 164 valence electrons. The molecule has 9 heteroatoms.